The molecule has 0 saturated carbocycles. The van der Waals surface area contributed by atoms with E-state index in [2.05, 4.69) is 67.6 Å². The standard InChI is InChI=1S/C28H32O3Se/c1-6-28(5,27(29)30-7-2)31-26-17-16-25(18-21(26)4)32-19-22-10-14-24(15-11-22)23-12-8-20(3)9-13-23/h8-18H,6-7,19H2,1-5H3. The van der Waals surface area contributed by atoms with Crippen molar-refractivity contribution in [3.63, 3.8) is 0 Å². The van der Waals surface area contributed by atoms with Crippen LogP contribution in [0.25, 0.3) is 11.1 Å². The van der Waals surface area contributed by atoms with Crippen molar-refractivity contribution in [1.82, 2.24) is 0 Å². The predicted octanol–water partition coefficient (Wildman–Crippen LogP) is 5.61. The van der Waals surface area contributed by atoms with Crippen LogP contribution >= 0.6 is 0 Å². The van der Waals surface area contributed by atoms with Gasteiger partial charge in [0.25, 0.3) is 0 Å². The van der Waals surface area contributed by atoms with Crippen LogP contribution in [0.3, 0.4) is 0 Å². The zero-order valence-electron chi connectivity index (χ0n) is 19.6. The summed E-state index contributed by atoms with van der Waals surface area (Å²) in [6, 6.07) is 23.8. The zero-order valence-corrected chi connectivity index (χ0v) is 21.3. The summed E-state index contributed by atoms with van der Waals surface area (Å²) in [5, 5.41) is 1.04. The van der Waals surface area contributed by atoms with Gasteiger partial charge in [-0.1, -0.05) is 0 Å². The summed E-state index contributed by atoms with van der Waals surface area (Å²) in [4.78, 5) is 12.3. The molecule has 0 amide bonds. The molecular weight excluding hydrogens is 463 g/mol. The maximum atomic E-state index is 12.3. The van der Waals surface area contributed by atoms with Gasteiger partial charge < -0.3 is 0 Å². The number of hydrogen-bond donors (Lipinski definition) is 0. The fourth-order valence-corrected chi connectivity index (χ4v) is 5.31. The summed E-state index contributed by atoms with van der Waals surface area (Å²) >= 11 is 0.323. The number of rotatable bonds is 9. The van der Waals surface area contributed by atoms with Crippen molar-refractivity contribution < 1.29 is 14.3 Å². The van der Waals surface area contributed by atoms with Crippen LogP contribution in [0.2, 0.25) is 0 Å². The molecule has 1 unspecified atom stereocenters. The van der Waals surface area contributed by atoms with E-state index in [0.29, 0.717) is 28.0 Å². The van der Waals surface area contributed by atoms with Crippen LogP contribution in [0.4, 0.5) is 0 Å². The Morgan fingerprint density at radius 2 is 1.53 bits per heavy atom. The van der Waals surface area contributed by atoms with Crippen LogP contribution in [0, 0.1) is 13.8 Å². The van der Waals surface area contributed by atoms with Crippen molar-refractivity contribution in [3.05, 3.63) is 83.4 Å². The molecule has 0 aliphatic carbocycles. The van der Waals surface area contributed by atoms with Gasteiger partial charge in [-0.15, -0.1) is 0 Å². The summed E-state index contributed by atoms with van der Waals surface area (Å²) in [6.45, 7) is 10.0. The third-order valence-corrected chi connectivity index (χ3v) is 7.84. The molecule has 0 bridgehead atoms. The topological polar surface area (TPSA) is 35.5 Å². The molecule has 0 radical (unpaired) electrons. The van der Waals surface area contributed by atoms with Gasteiger partial charge in [-0.3, -0.25) is 0 Å². The normalized spacial score (nSPS) is 12.8. The van der Waals surface area contributed by atoms with Gasteiger partial charge in [0.1, 0.15) is 0 Å². The van der Waals surface area contributed by atoms with Crippen LogP contribution in [0.1, 0.15) is 43.9 Å². The summed E-state index contributed by atoms with van der Waals surface area (Å²) in [5.74, 6) is 0.425. The monoisotopic (exact) mass is 496 g/mol. The Balaban J connectivity index is 1.63. The van der Waals surface area contributed by atoms with Crippen molar-refractivity contribution in [2.24, 2.45) is 0 Å². The molecule has 0 heterocycles. The fourth-order valence-electron chi connectivity index (χ4n) is 3.32. The van der Waals surface area contributed by atoms with E-state index < -0.39 is 5.60 Å². The van der Waals surface area contributed by atoms with Gasteiger partial charge in [-0.25, -0.2) is 0 Å². The van der Waals surface area contributed by atoms with E-state index >= 15 is 0 Å². The Morgan fingerprint density at radius 3 is 2.09 bits per heavy atom. The molecule has 0 spiro atoms. The number of hydrogen-bond acceptors (Lipinski definition) is 3. The average Bonchev–Trinajstić information content (AvgIpc) is 2.80. The Morgan fingerprint density at radius 1 is 0.906 bits per heavy atom. The molecule has 3 nitrogen and oxygen atoms in total. The van der Waals surface area contributed by atoms with Gasteiger partial charge >= 0.3 is 199 Å². The van der Waals surface area contributed by atoms with Gasteiger partial charge in [0.05, 0.1) is 0 Å². The third-order valence-electron chi connectivity index (χ3n) is 5.61. The molecular formula is C28H32O3Se. The van der Waals surface area contributed by atoms with Crippen molar-refractivity contribution >= 4 is 25.4 Å². The van der Waals surface area contributed by atoms with Crippen LogP contribution in [-0.2, 0) is 14.9 Å². The van der Waals surface area contributed by atoms with Crippen molar-refractivity contribution in [3.8, 4) is 16.9 Å². The summed E-state index contributed by atoms with van der Waals surface area (Å²) in [5.41, 5.74) is 5.20. The quantitative estimate of drug-likeness (QED) is 0.286. The molecule has 1 atom stereocenters. The van der Waals surface area contributed by atoms with E-state index in [9.17, 15) is 4.79 Å². The van der Waals surface area contributed by atoms with Crippen LogP contribution in [0.15, 0.2) is 66.7 Å². The molecule has 168 valence electrons. The first kappa shape index (κ1) is 24.1. The molecule has 32 heavy (non-hydrogen) atoms. The van der Waals surface area contributed by atoms with E-state index in [0.717, 1.165) is 16.6 Å². The van der Waals surface area contributed by atoms with Crippen LogP contribution in [0.5, 0.6) is 5.75 Å². The molecule has 3 aromatic carbocycles. The van der Waals surface area contributed by atoms with E-state index in [4.69, 9.17) is 9.47 Å². The first-order chi connectivity index (χ1) is 15.3. The average molecular weight is 496 g/mol. The van der Waals surface area contributed by atoms with Crippen molar-refractivity contribution in [2.45, 2.75) is 52.0 Å². The predicted molar refractivity (Wildman–Crippen MR) is 133 cm³/mol. The minimum absolute atomic E-state index is 0.315. The minimum atomic E-state index is -0.966. The molecule has 4 heteroatoms. The molecule has 0 fully saturated rings. The van der Waals surface area contributed by atoms with E-state index in [-0.39, 0.29) is 5.97 Å². The van der Waals surface area contributed by atoms with Crippen LogP contribution in [-0.4, -0.2) is 33.1 Å². The van der Waals surface area contributed by atoms with Crippen LogP contribution < -0.4 is 9.20 Å². The second-order valence-electron chi connectivity index (χ2n) is 8.19. The molecule has 0 aliphatic rings. The van der Waals surface area contributed by atoms with Gasteiger partial charge in [-0.2, -0.15) is 0 Å². The second kappa shape index (κ2) is 10.8. The Kier molecular flexibility index (Phi) is 8.17. The third kappa shape index (κ3) is 6.03. The van der Waals surface area contributed by atoms with Crippen molar-refractivity contribution in [1.29, 1.82) is 0 Å². The van der Waals surface area contributed by atoms with Gasteiger partial charge in [0.15, 0.2) is 0 Å². The SMILES string of the molecule is CCOC(=O)C(C)(CC)Oc1ccc([Se]Cc2ccc(-c3ccc(C)cc3)cc2)cc1C. The second-order valence-corrected chi connectivity index (χ2v) is 10.4. The number of carbonyl (C=O) groups is 1. The number of ether oxygens (including phenoxy) is 2. The summed E-state index contributed by atoms with van der Waals surface area (Å²) < 4.78 is 12.6. The Bertz CT molecular complexity index is 1040. The molecule has 3 rings (SSSR count). The van der Waals surface area contributed by atoms with Crippen molar-refractivity contribution in [2.75, 3.05) is 6.61 Å². The number of esters is 1. The molecule has 0 aromatic heterocycles. The number of carbonyl (C=O) groups excluding carboxylic acids is 1. The Labute approximate surface area is 198 Å². The molecule has 0 N–H and O–H groups in total. The van der Waals surface area contributed by atoms with Gasteiger partial charge in [0, 0.05) is 0 Å². The Hall–Kier alpha value is -2.55. The van der Waals surface area contributed by atoms with E-state index in [1.54, 1.807) is 6.92 Å². The van der Waals surface area contributed by atoms with E-state index in [1.165, 1.54) is 26.7 Å². The zero-order chi connectivity index (χ0) is 23.1. The molecule has 3 aromatic rings. The molecule has 0 aliphatic heterocycles. The van der Waals surface area contributed by atoms with E-state index in [1.807, 2.05) is 26.8 Å². The summed E-state index contributed by atoms with van der Waals surface area (Å²) in [6.07, 6.45) is 0.551. The first-order valence-electron chi connectivity index (χ1n) is 11.1. The fraction of sp³-hybridized carbons (Fsp3) is 0.321. The maximum absolute atomic E-state index is 12.3. The summed E-state index contributed by atoms with van der Waals surface area (Å²) in [7, 11) is 0. The number of benzene rings is 3. The molecule has 0 saturated heterocycles. The van der Waals surface area contributed by atoms with Gasteiger partial charge in [0.2, 0.25) is 0 Å². The van der Waals surface area contributed by atoms with Gasteiger partial charge in [-0.05, 0) is 0 Å². The first-order valence-corrected chi connectivity index (χ1v) is 13.2. The number of aryl methyl sites for hydroxylation is 2.